The molecule has 0 unspecified atom stereocenters. The highest BCUT2D eigenvalue weighted by Crippen LogP contribution is 2.34. The summed E-state index contributed by atoms with van der Waals surface area (Å²) in [4.78, 5) is 12.2. The smallest absolute Gasteiger partial charge is 0.271 e. The second-order valence-electron chi connectivity index (χ2n) is 5.23. The molecule has 0 saturated heterocycles. The quantitative estimate of drug-likeness (QED) is 0.401. The minimum absolute atomic E-state index is 0.163. The zero-order chi connectivity index (χ0) is 18.5. The van der Waals surface area contributed by atoms with Crippen molar-refractivity contribution in [1.29, 1.82) is 0 Å². The van der Waals surface area contributed by atoms with Crippen LogP contribution in [0.5, 0.6) is 23.0 Å². The Kier molecular flexibility index (Phi) is 5.82. The van der Waals surface area contributed by atoms with Gasteiger partial charge in [0.15, 0.2) is 23.0 Å². The number of hydrazone groups is 1. The summed E-state index contributed by atoms with van der Waals surface area (Å²) >= 11 is 2.17. The summed E-state index contributed by atoms with van der Waals surface area (Å²) in [6.07, 6.45) is 1.55. The second-order valence-corrected chi connectivity index (χ2v) is 6.40. The first kappa shape index (κ1) is 18.3. The van der Waals surface area contributed by atoms with Gasteiger partial charge in [-0.2, -0.15) is 5.10 Å². The first-order chi connectivity index (χ1) is 12.6. The lowest BCUT2D eigenvalue weighted by Crippen LogP contribution is -2.17. The molecule has 136 valence electrons. The summed E-state index contributed by atoms with van der Waals surface area (Å²) in [5.74, 6) is 2.14. The van der Waals surface area contributed by atoms with Gasteiger partial charge < -0.3 is 18.9 Å². The van der Waals surface area contributed by atoms with Crippen molar-refractivity contribution in [3.05, 3.63) is 45.0 Å². The van der Waals surface area contributed by atoms with Crippen LogP contribution in [-0.2, 0) is 0 Å². The minimum Gasteiger partial charge on any atom is -0.493 e. The maximum absolute atomic E-state index is 12.2. The second kappa shape index (κ2) is 8.26. The molecule has 2 aromatic carbocycles. The van der Waals surface area contributed by atoms with Crippen LogP contribution in [-0.4, -0.2) is 32.6 Å². The molecule has 1 aliphatic rings. The Balaban J connectivity index is 1.70. The summed E-state index contributed by atoms with van der Waals surface area (Å²) in [6, 6.07) is 8.66. The van der Waals surface area contributed by atoms with Crippen molar-refractivity contribution in [3.63, 3.8) is 0 Å². The molecule has 1 amide bonds. The van der Waals surface area contributed by atoms with E-state index in [1.165, 1.54) is 0 Å². The number of ether oxygens (including phenoxy) is 4. The van der Waals surface area contributed by atoms with Gasteiger partial charge in [-0.15, -0.1) is 0 Å². The van der Waals surface area contributed by atoms with Gasteiger partial charge in [-0.3, -0.25) is 4.79 Å². The molecule has 1 N–H and O–H groups in total. The highest BCUT2D eigenvalue weighted by atomic mass is 127. The lowest BCUT2D eigenvalue weighted by Gasteiger charge is -2.12. The third-order valence-corrected chi connectivity index (χ3v) is 4.36. The van der Waals surface area contributed by atoms with E-state index in [0.717, 1.165) is 9.13 Å². The highest BCUT2D eigenvalue weighted by Gasteiger charge is 2.16. The van der Waals surface area contributed by atoms with Crippen molar-refractivity contribution in [3.8, 4) is 23.0 Å². The summed E-state index contributed by atoms with van der Waals surface area (Å²) in [5.41, 5.74) is 3.71. The Bertz CT molecular complexity index is 854. The van der Waals surface area contributed by atoms with Gasteiger partial charge in [0.05, 0.1) is 23.5 Å². The molecule has 0 aromatic heterocycles. The van der Waals surface area contributed by atoms with Gasteiger partial charge >= 0.3 is 0 Å². The Morgan fingerprint density at radius 3 is 2.88 bits per heavy atom. The number of rotatable bonds is 6. The number of methoxy groups -OCH3 is 1. The molecule has 0 fully saturated rings. The lowest BCUT2D eigenvalue weighted by molar-refractivity contribution is 0.0954. The van der Waals surface area contributed by atoms with E-state index < -0.39 is 0 Å². The maximum Gasteiger partial charge on any atom is 0.271 e. The number of hydrogen-bond acceptors (Lipinski definition) is 6. The maximum atomic E-state index is 12.2. The van der Waals surface area contributed by atoms with E-state index in [1.807, 2.05) is 13.0 Å². The fourth-order valence-electron chi connectivity index (χ4n) is 2.37. The Hall–Kier alpha value is -2.49. The number of carbonyl (C=O) groups excluding carboxylic acids is 1. The van der Waals surface area contributed by atoms with Crippen LogP contribution in [0.3, 0.4) is 0 Å². The largest absolute Gasteiger partial charge is 0.493 e. The summed E-state index contributed by atoms with van der Waals surface area (Å²) in [7, 11) is 1.58. The Labute approximate surface area is 164 Å². The summed E-state index contributed by atoms with van der Waals surface area (Å²) in [5, 5.41) is 4.01. The van der Waals surface area contributed by atoms with Gasteiger partial charge in [0.2, 0.25) is 6.79 Å². The van der Waals surface area contributed by atoms with Crippen molar-refractivity contribution in [2.75, 3.05) is 20.5 Å². The number of nitrogens with one attached hydrogen (secondary N) is 1. The first-order valence-electron chi connectivity index (χ1n) is 7.85. The van der Waals surface area contributed by atoms with Crippen LogP contribution in [0, 0.1) is 3.57 Å². The molecule has 0 spiro atoms. The number of halogens is 1. The fourth-order valence-corrected chi connectivity index (χ4v) is 3.15. The average Bonchev–Trinajstić information content (AvgIpc) is 3.11. The zero-order valence-corrected chi connectivity index (χ0v) is 16.4. The molecule has 0 radical (unpaired) electrons. The van der Waals surface area contributed by atoms with E-state index in [2.05, 4.69) is 33.1 Å². The molecular weight excluding hydrogens is 451 g/mol. The zero-order valence-electron chi connectivity index (χ0n) is 14.2. The van der Waals surface area contributed by atoms with Gasteiger partial charge in [-0.1, -0.05) is 0 Å². The first-order valence-corrected chi connectivity index (χ1v) is 8.93. The molecule has 1 aliphatic heterocycles. The predicted octanol–water partition coefficient (Wildman–Crippen LogP) is 3.19. The van der Waals surface area contributed by atoms with Crippen molar-refractivity contribution in [2.45, 2.75) is 6.92 Å². The van der Waals surface area contributed by atoms with Crippen molar-refractivity contribution in [1.82, 2.24) is 5.43 Å². The third kappa shape index (κ3) is 4.01. The molecule has 26 heavy (non-hydrogen) atoms. The molecule has 0 saturated carbocycles. The van der Waals surface area contributed by atoms with Crippen LogP contribution >= 0.6 is 22.6 Å². The van der Waals surface area contributed by atoms with Crippen LogP contribution in [0.15, 0.2) is 35.4 Å². The lowest BCUT2D eigenvalue weighted by atomic mass is 10.2. The molecule has 0 aliphatic carbocycles. The Morgan fingerprint density at radius 1 is 1.31 bits per heavy atom. The number of hydrogen-bond donors (Lipinski definition) is 1. The van der Waals surface area contributed by atoms with Crippen LogP contribution < -0.4 is 24.4 Å². The average molecular weight is 468 g/mol. The van der Waals surface area contributed by atoms with E-state index in [1.54, 1.807) is 37.6 Å². The van der Waals surface area contributed by atoms with E-state index in [0.29, 0.717) is 35.2 Å². The number of nitrogens with zero attached hydrogens (tertiary/aromatic N) is 1. The van der Waals surface area contributed by atoms with E-state index >= 15 is 0 Å². The van der Waals surface area contributed by atoms with Crippen molar-refractivity contribution < 1.29 is 23.7 Å². The van der Waals surface area contributed by atoms with Crippen LogP contribution in [0.2, 0.25) is 0 Å². The molecule has 1 heterocycles. The highest BCUT2D eigenvalue weighted by molar-refractivity contribution is 14.1. The molecule has 0 bridgehead atoms. The van der Waals surface area contributed by atoms with Gasteiger partial charge in [0.25, 0.3) is 5.91 Å². The fraction of sp³-hybridized carbons (Fsp3) is 0.222. The molecule has 0 atom stereocenters. The number of fused-ring (bicyclic) bond motifs is 1. The number of amides is 1. The van der Waals surface area contributed by atoms with Crippen molar-refractivity contribution >= 4 is 34.7 Å². The van der Waals surface area contributed by atoms with E-state index in [-0.39, 0.29) is 12.7 Å². The van der Waals surface area contributed by atoms with Crippen LogP contribution in [0.1, 0.15) is 22.8 Å². The SMILES string of the molecule is CCOc1c(I)cc(/C=N/NC(=O)c2ccc3c(c2)OCO3)cc1OC. The minimum atomic E-state index is -0.341. The van der Waals surface area contributed by atoms with E-state index in [9.17, 15) is 4.79 Å². The molecule has 8 heteroatoms. The molecule has 7 nitrogen and oxygen atoms in total. The van der Waals surface area contributed by atoms with E-state index in [4.69, 9.17) is 18.9 Å². The van der Waals surface area contributed by atoms with Gasteiger partial charge in [-0.25, -0.2) is 5.43 Å². The molecule has 3 rings (SSSR count). The summed E-state index contributed by atoms with van der Waals surface area (Å²) < 4.78 is 22.3. The predicted molar refractivity (Wildman–Crippen MR) is 105 cm³/mol. The Morgan fingerprint density at radius 2 is 2.12 bits per heavy atom. The van der Waals surface area contributed by atoms with Crippen molar-refractivity contribution in [2.24, 2.45) is 5.10 Å². The van der Waals surface area contributed by atoms with Gasteiger partial charge in [0, 0.05) is 5.56 Å². The third-order valence-electron chi connectivity index (χ3n) is 3.55. The molecular formula is C18H17IN2O5. The van der Waals surface area contributed by atoms with Crippen LogP contribution in [0.25, 0.3) is 0 Å². The van der Waals surface area contributed by atoms with Gasteiger partial charge in [-0.05, 0) is 65.4 Å². The van der Waals surface area contributed by atoms with Crippen LogP contribution in [0.4, 0.5) is 0 Å². The number of carbonyl (C=O) groups is 1. The number of benzene rings is 2. The van der Waals surface area contributed by atoms with Gasteiger partial charge in [0.1, 0.15) is 0 Å². The monoisotopic (exact) mass is 468 g/mol. The molecule has 2 aromatic rings. The standard InChI is InChI=1S/C18H17IN2O5/c1-3-24-17-13(19)6-11(7-16(17)23-2)9-20-21-18(22)12-4-5-14-15(8-12)26-10-25-14/h4-9H,3,10H2,1-2H3,(H,21,22)/b20-9+. The topological polar surface area (TPSA) is 78.4 Å². The summed E-state index contributed by atoms with van der Waals surface area (Å²) in [6.45, 7) is 2.62. The normalized spacial score (nSPS) is 12.3.